The summed E-state index contributed by atoms with van der Waals surface area (Å²) in [5.41, 5.74) is 5.22. The van der Waals surface area contributed by atoms with E-state index < -0.39 is 0 Å². The van der Waals surface area contributed by atoms with Gasteiger partial charge in [-0.05, 0) is 45.3 Å². The first-order valence-corrected chi connectivity index (χ1v) is 9.60. The van der Waals surface area contributed by atoms with Crippen LogP contribution in [0.2, 0.25) is 5.02 Å². The number of Topliss-reactive ketones (excluding diaryl/α,β-unsaturated/α-hetero) is 1. The molecule has 0 aromatic heterocycles. The van der Waals surface area contributed by atoms with Crippen molar-refractivity contribution in [1.29, 1.82) is 0 Å². The lowest BCUT2D eigenvalue weighted by atomic mass is 9.89. The molecule has 0 saturated heterocycles. The normalized spacial score (nSPS) is 16.2. The number of rotatable bonds is 3. The molecule has 0 amide bonds. The maximum atomic E-state index is 13.3. The zero-order valence-corrected chi connectivity index (χ0v) is 15.8. The first kappa shape index (κ1) is 17.0. The molecule has 0 bridgehead atoms. The molecule has 4 aromatic rings. The molecule has 0 spiro atoms. The van der Waals surface area contributed by atoms with E-state index in [-0.39, 0.29) is 11.7 Å². The van der Waals surface area contributed by atoms with Crippen molar-refractivity contribution >= 4 is 44.6 Å². The summed E-state index contributed by atoms with van der Waals surface area (Å²) in [7, 11) is 0. The maximum Gasteiger partial charge on any atom is 0.209 e. The first-order valence-electron chi connectivity index (χ1n) is 9.23. The molecular formula is C24H17ClN2O. The number of fused-ring (bicyclic) bond motifs is 3. The van der Waals surface area contributed by atoms with Crippen LogP contribution in [0.4, 0.5) is 0 Å². The van der Waals surface area contributed by atoms with E-state index in [0.717, 1.165) is 21.7 Å². The molecule has 136 valence electrons. The van der Waals surface area contributed by atoms with Crippen molar-refractivity contribution in [1.82, 2.24) is 5.43 Å². The van der Waals surface area contributed by atoms with Gasteiger partial charge in [0.25, 0.3) is 0 Å². The highest BCUT2D eigenvalue weighted by Crippen LogP contribution is 2.28. The minimum atomic E-state index is -0.0759. The molecule has 0 aliphatic carbocycles. The number of carbonyl (C=O) groups is 1. The first-order chi connectivity index (χ1) is 13.7. The van der Waals surface area contributed by atoms with Crippen LogP contribution in [-0.2, 0) is 0 Å². The van der Waals surface area contributed by atoms with Crippen LogP contribution in [0.1, 0.15) is 21.8 Å². The minimum absolute atomic E-state index is 0.0419. The van der Waals surface area contributed by atoms with Crippen LogP contribution in [0.25, 0.3) is 21.5 Å². The lowest BCUT2D eigenvalue weighted by molar-refractivity contribution is 0.106. The molecular weight excluding hydrogens is 368 g/mol. The number of nitrogens with one attached hydrogen (secondary N) is 1. The number of ketones is 1. The minimum Gasteiger partial charge on any atom is -0.309 e. The van der Waals surface area contributed by atoms with Crippen LogP contribution in [-0.4, -0.2) is 18.0 Å². The molecule has 3 nitrogen and oxygen atoms in total. The summed E-state index contributed by atoms with van der Waals surface area (Å²) >= 11 is 6.00. The molecule has 5 rings (SSSR count). The van der Waals surface area contributed by atoms with E-state index in [4.69, 9.17) is 11.6 Å². The average Bonchev–Trinajstić information content (AvgIpc) is 3.23. The van der Waals surface area contributed by atoms with Crippen molar-refractivity contribution < 1.29 is 4.79 Å². The van der Waals surface area contributed by atoms with E-state index in [1.54, 1.807) is 0 Å². The van der Waals surface area contributed by atoms with Crippen molar-refractivity contribution in [2.24, 2.45) is 5.10 Å². The summed E-state index contributed by atoms with van der Waals surface area (Å²) in [5.74, 6) is -0.118. The molecule has 1 unspecified atom stereocenters. The Morgan fingerprint density at radius 3 is 2.43 bits per heavy atom. The van der Waals surface area contributed by atoms with E-state index in [9.17, 15) is 4.79 Å². The van der Waals surface area contributed by atoms with Crippen molar-refractivity contribution in [3.63, 3.8) is 0 Å². The molecule has 0 radical (unpaired) electrons. The number of hydrogen-bond donors (Lipinski definition) is 1. The van der Waals surface area contributed by atoms with Gasteiger partial charge in [0.2, 0.25) is 5.78 Å². The van der Waals surface area contributed by atoms with Crippen LogP contribution in [0, 0.1) is 0 Å². The number of halogens is 1. The van der Waals surface area contributed by atoms with E-state index in [1.165, 1.54) is 5.39 Å². The van der Waals surface area contributed by atoms with Gasteiger partial charge in [-0.1, -0.05) is 72.3 Å². The van der Waals surface area contributed by atoms with E-state index in [2.05, 4.69) is 34.8 Å². The summed E-state index contributed by atoms with van der Waals surface area (Å²) in [5, 5.41) is 9.52. The van der Waals surface area contributed by atoms with Gasteiger partial charge < -0.3 is 5.43 Å². The van der Waals surface area contributed by atoms with Crippen molar-refractivity contribution in [3.8, 4) is 0 Å². The van der Waals surface area contributed by atoms with Crippen molar-refractivity contribution in [2.45, 2.75) is 5.92 Å². The molecule has 4 heteroatoms. The van der Waals surface area contributed by atoms with Crippen LogP contribution in [0.3, 0.4) is 0 Å². The molecule has 0 fully saturated rings. The Balaban J connectivity index is 1.56. The molecule has 1 heterocycles. The predicted molar refractivity (Wildman–Crippen MR) is 115 cm³/mol. The highest BCUT2D eigenvalue weighted by Gasteiger charge is 2.29. The second kappa shape index (κ2) is 6.77. The third-order valence-electron chi connectivity index (χ3n) is 5.34. The third-order valence-corrected chi connectivity index (χ3v) is 5.59. The van der Waals surface area contributed by atoms with E-state index in [1.807, 2.05) is 54.6 Å². The van der Waals surface area contributed by atoms with Crippen molar-refractivity contribution in [3.05, 3.63) is 95.0 Å². The Bertz CT molecular complexity index is 1240. The zero-order valence-electron chi connectivity index (χ0n) is 15.0. The van der Waals surface area contributed by atoms with Gasteiger partial charge in [0.15, 0.2) is 0 Å². The summed E-state index contributed by atoms with van der Waals surface area (Å²) in [4.78, 5) is 13.3. The number of carbonyl (C=O) groups excluding carboxylic acids is 1. The number of hydrazone groups is 1. The third kappa shape index (κ3) is 2.85. The summed E-state index contributed by atoms with van der Waals surface area (Å²) < 4.78 is 0. The highest BCUT2D eigenvalue weighted by molar-refractivity contribution is 6.48. The SMILES string of the molecule is O=C(C1=NNCC1c1ccc(Cl)cc1)c1ccc2ccc3ccccc3c2c1. The predicted octanol–water partition coefficient (Wildman–Crippen LogP) is 5.57. The summed E-state index contributed by atoms with van der Waals surface area (Å²) in [6.45, 7) is 0.610. The summed E-state index contributed by atoms with van der Waals surface area (Å²) in [6, 6.07) is 25.9. The Morgan fingerprint density at radius 2 is 1.61 bits per heavy atom. The van der Waals surface area contributed by atoms with Crippen LogP contribution in [0.15, 0.2) is 84.0 Å². The fourth-order valence-electron chi connectivity index (χ4n) is 3.87. The van der Waals surface area contributed by atoms with Crippen LogP contribution in [0.5, 0.6) is 0 Å². The Kier molecular flexibility index (Phi) is 4.10. The second-order valence-electron chi connectivity index (χ2n) is 7.02. The number of nitrogens with zero attached hydrogens (tertiary/aromatic N) is 1. The van der Waals surface area contributed by atoms with Crippen LogP contribution < -0.4 is 5.43 Å². The lowest BCUT2D eigenvalue weighted by Crippen LogP contribution is -2.21. The smallest absolute Gasteiger partial charge is 0.209 e. The van der Waals surface area contributed by atoms with Gasteiger partial charge in [0.1, 0.15) is 5.71 Å². The fourth-order valence-corrected chi connectivity index (χ4v) is 3.99. The number of hydrogen-bond acceptors (Lipinski definition) is 3. The van der Waals surface area contributed by atoms with Gasteiger partial charge >= 0.3 is 0 Å². The molecule has 1 atom stereocenters. The molecule has 1 aliphatic heterocycles. The molecule has 1 N–H and O–H groups in total. The topological polar surface area (TPSA) is 41.5 Å². The maximum absolute atomic E-state index is 13.3. The average molecular weight is 385 g/mol. The standard InChI is InChI=1S/C24H17ClN2O/c25-19-11-9-17(10-12-19)22-14-26-27-23(22)24(28)18-8-7-16-6-5-15-3-1-2-4-20(15)21(16)13-18/h1-13,22,26H,14H2. The Morgan fingerprint density at radius 1 is 0.893 bits per heavy atom. The van der Waals surface area contributed by atoms with Crippen LogP contribution >= 0.6 is 11.6 Å². The number of benzene rings is 4. The Labute approximate surface area is 167 Å². The van der Waals surface area contributed by atoms with Crippen molar-refractivity contribution in [2.75, 3.05) is 6.54 Å². The van der Waals surface area contributed by atoms with Gasteiger partial charge in [0.05, 0.1) is 5.92 Å². The lowest BCUT2D eigenvalue weighted by Gasteiger charge is -2.12. The molecule has 1 aliphatic rings. The molecule has 0 saturated carbocycles. The van der Waals surface area contributed by atoms with Gasteiger partial charge in [-0.25, -0.2) is 0 Å². The Hall–Kier alpha value is -3.17. The van der Waals surface area contributed by atoms with Gasteiger partial charge in [-0.3, -0.25) is 4.79 Å². The van der Waals surface area contributed by atoms with Gasteiger partial charge in [-0.15, -0.1) is 0 Å². The summed E-state index contributed by atoms with van der Waals surface area (Å²) in [6.07, 6.45) is 0. The van der Waals surface area contributed by atoms with E-state index >= 15 is 0 Å². The second-order valence-corrected chi connectivity index (χ2v) is 7.45. The largest absolute Gasteiger partial charge is 0.309 e. The quantitative estimate of drug-likeness (QED) is 0.370. The van der Waals surface area contributed by atoms with Gasteiger partial charge in [-0.2, -0.15) is 5.10 Å². The molecule has 28 heavy (non-hydrogen) atoms. The molecule has 4 aromatic carbocycles. The highest BCUT2D eigenvalue weighted by atomic mass is 35.5. The van der Waals surface area contributed by atoms with E-state index in [0.29, 0.717) is 22.8 Å². The monoisotopic (exact) mass is 384 g/mol. The van der Waals surface area contributed by atoms with Gasteiger partial charge in [0, 0.05) is 17.1 Å². The zero-order chi connectivity index (χ0) is 19.1. The fraction of sp³-hybridized carbons (Fsp3) is 0.0833.